The van der Waals surface area contributed by atoms with Gasteiger partial charge in [0.25, 0.3) is 0 Å². The van der Waals surface area contributed by atoms with Crippen molar-refractivity contribution in [2.75, 3.05) is 19.0 Å². The van der Waals surface area contributed by atoms with E-state index in [2.05, 4.69) is 5.32 Å². The molecule has 2 N–H and O–H groups in total. The second-order valence-corrected chi connectivity index (χ2v) is 6.79. The van der Waals surface area contributed by atoms with Crippen molar-refractivity contribution in [2.24, 2.45) is 0 Å². The number of hydrogen-bond acceptors (Lipinski definition) is 4. The van der Waals surface area contributed by atoms with Crippen LogP contribution in [-0.2, 0) is 4.74 Å². The molecule has 0 spiro atoms. The topological polar surface area (TPSA) is 84.9 Å². The van der Waals surface area contributed by atoms with Crippen LogP contribution in [0.3, 0.4) is 0 Å². The predicted octanol–water partition coefficient (Wildman–Crippen LogP) is 4.89. The van der Waals surface area contributed by atoms with Crippen LogP contribution in [0.4, 0.5) is 14.9 Å². The molecule has 0 atom stereocenters. The van der Waals surface area contributed by atoms with Crippen molar-refractivity contribution in [3.63, 3.8) is 0 Å². The summed E-state index contributed by atoms with van der Waals surface area (Å²) in [6, 6.07) is 17.9. The molecule has 3 aromatic rings. The Morgan fingerprint density at radius 3 is 2.20 bits per heavy atom. The van der Waals surface area contributed by atoms with Gasteiger partial charge in [-0.2, -0.15) is 0 Å². The number of fused-ring (bicyclic) bond motifs is 3. The summed E-state index contributed by atoms with van der Waals surface area (Å²) in [6.07, 6.45) is -0.882. The molecule has 1 amide bonds. The summed E-state index contributed by atoms with van der Waals surface area (Å²) < 4.78 is 24.4. The first kappa shape index (κ1) is 19.4. The van der Waals surface area contributed by atoms with Crippen molar-refractivity contribution < 1.29 is 28.6 Å². The van der Waals surface area contributed by atoms with Gasteiger partial charge in [-0.15, -0.1) is 0 Å². The summed E-state index contributed by atoms with van der Waals surface area (Å²) >= 11 is 0. The molecule has 0 aliphatic heterocycles. The molecule has 6 nitrogen and oxygen atoms in total. The lowest BCUT2D eigenvalue weighted by atomic mass is 9.98. The van der Waals surface area contributed by atoms with E-state index in [-0.39, 0.29) is 24.0 Å². The molecule has 152 valence electrons. The molecule has 0 saturated carbocycles. The van der Waals surface area contributed by atoms with E-state index in [1.807, 2.05) is 48.5 Å². The van der Waals surface area contributed by atoms with Crippen molar-refractivity contribution in [1.29, 1.82) is 0 Å². The summed E-state index contributed by atoms with van der Waals surface area (Å²) in [6.45, 7) is 0.0503. The summed E-state index contributed by atoms with van der Waals surface area (Å²) in [4.78, 5) is 23.8. The van der Waals surface area contributed by atoms with Gasteiger partial charge in [-0.05, 0) is 22.3 Å². The van der Waals surface area contributed by atoms with Gasteiger partial charge in [-0.25, -0.2) is 14.0 Å². The number of carbonyl (C=O) groups excluding carboxylic acids is 1. The molecule has 0 unspecified atom stereocenters. The van der Waals surface area contributed by atoms with Gasteiger partial charge >= 0.3 is 12.1 Å². The van der Waals surface area contributed by atoms with Gasteiger partial charge < -0.3 is 14.6 Å². The highest BCUT2D eigenvalue weighted by atomic mass is 19.1. The molecule has 0 heterocycles. The van der Waals surface area contributed by atoms with Gasteiger partial charge in [-0.3, -0.25) is 5.32 Å². The molecule has 0 radical (unpaired) electrons. The number of carboxylic acid groups (broad SMARTS) is 1. The van der Waals surface area contributed by atoms with Gasteiger partial charge in [0.1, 0.15) is 23.7 Å². The van der Waals surface area contributed by atoms with E-state index in [9.17, 15) is 19.1 Å². The lowest BCUT2D eigenvalue weighted by Gasteiger charge is -2.15. The van der Waals surface area contributed by atoms with Gasteiger partial charge in [0.15, 0.2) is 0 Å². The lowest BCUT2D eigenvalue weighted by molar-refractivity contribution is 0.0693. The molecule has 0 aromatic heterocycles. The van der Waals surface area contributed by atoms with E-state index in [1.54, 1.807) is 0 Å². The molecule has 1 aliphatic rings. The lowest BCUT2D eigenvalue weighted by Crippen LogP contribution is -2.20. The Morgan fingerprint density at radius 2 is 1.63 bits per heavy atom. The average Bonchev–Trinajstić information content (AvgIpc) is 3.05. The third-order valence-electron chi connectivity index (χ3n) is 5.09. The number of benzene rings is 3. The number of amides is 1. The number of anilines is 1. The Bertz CT molecular complexity index is 1100. The monoisotopic (exact) mass is 407 g/mol. The molecule has 0 fully saturated rings. The molecule has 0 bridgehead atoms. The third-order valence-corrected chi connectivity index (χ3v) is 5.09. The minimum atomic E-state index is -1.51. The first-order valence-corrected chi connectivity index (χ1v) is 9.22. The fourth-order valence-corrected chi connectivity index (χ4v) is 3.76. The molecule has 7 heteroatoms. The molecule has 4 rings (SSSR count). The zero-order valence-electron chi connectivity index (χ0n) is 16.0. The Labute approximate surface area is 171 Å². The molecular weight excluding hydrogens is 389 g/mol. The quantitative estimate of drug-likeness (QED) is 0.629. The van der Waals surface area contributed by atoms with Crippen LogP contribution in [0, 0.1) is 5.82 Å². The predicted molar refractivity (Wildman–Crippen MR) is 109 cm³/mol. The molecule has 30 heavy (non-hydrogen) atoms. The Hall–Kier alpha value is -3.87. The third kappa shape index (κ3) is 3.45. The number of aromatic carboxylic acids is 1. The SMILES string of the molecule is COc1cc(F)c(C(=O)O)c(NC(=O)OCC2c3ccccc3-c3ccccc32)c1. The summed E-state index contributed by atoms with van der Waals surface area (Å²) in [5.74, 6) is -2.60. The van der Waals surface area contributed by atoms with Crippen molar-refractivity contribution in [1.82, 2.24) is 0 Å². The Morgan fingerprint density at radius 1 is 1.03 bits per heavy atom. The molecule has 0 saturated heterocycles. The van der Waals surface area contributed by atoms with Gasteiger partial charge in [0.05, 0.1) is 12.8 Å². The van der Waals surface area contributed by atoms with Crippen LogP contribution < -0.4 is 10.1 Å². The van der Waals surface area contributed by atoms with E-state index in [4.69, 9.17) is 9.47 Å². The first-order chi connectivity index (χ1) is 14.5. The summed E-state index contributed by atoms with van der Waals surface area (Å²) in [5, 5.41) is 11.6. The maximum absolute atomic E-state index is 14.1. The van der Waals surface area contributed by atoms with Crippen LogP contribution in [0.15, 0.2) is 60.7 Å². The molecular formula is C23H18FNO5. The number of carbonyl (C=O) groups is 2. The van der Waals surface area contributed by atoms with Crippen molar-refractivity contribution in [2.45, 2.75) is 5.92 Å². The number of halogens is 1. The van der Waals surface area contributed by atoms with Crippen molar-refractivity contribution in [3.05, 3.63) is 83.2 Å². The van der Waals surface area contributed by atoms with Crippen molar-refractivity contribution in [3.8, 4) is 16.9 Å². The molecule has 1 aliphatic carbocycles. The summed E-state index contributed by atoms with van der Waals surface area (Å²) in [5.41, 5.74) is 3.37. The average molecular weight is 407 g/mol. The highest BCUT2D eigenvalue weighted by Crippen LogP contribution is 2.44. The second kappa shape index (κ2) is 7.87. The minimum Gasteiger partial charge on any atom is -0.497 e. The first-order valence-electron chi connectivity index (χ1n) is 9.22. The van der Waals surface area contributed by atoms with E-state index in [1.165, 1.54) is 13.2 Å². The van der Waals surface area contributed by atoms with Crippen LogP contribution >= 0.6 is 0 Å². The number of carboxylic acids is 1. The molecule has 3 aromatic carbocycles. The highest BCUT2D eigenvalue weighted by Gasteiger charge is 2.29. The second-order valence-electron chi connectivity index (χ2n) is 6.79. The van der Waals surface area contributed by atoms with Gasteiger partial charge in [0.2, 0.25) is 0 Å². The fraction of sp³-hybridized carbons (Fsp3) is 0.130. The van der Waals surface area contributed by atoms with Crippen molar-refractivity contribution >= 4 is 17.7 Å². The van der Waals surface area contributed by atoms with E-state index >= 15 is 0 Å². The van der Waals surface area contributed by atoms with Crippen LogP contribution in [0.2, 0.25) is 0 Å². The highest BCUT2D eigenvalue weighted by molar-refractivity contribution is 5.99. The maximum atomic E-state index is 14.1. The maximum Gasteiger partial charge on any atom is 0.411 e. The van der Waals surface area contributed by atoms with Crippen LogP contribution in [0.5, 0.6) is 5.75 Å². The smallest absolute Gasteiger partial charge is 0.411 e. The fourth-order valence-electron chi connectivity index (χ4n) is 3.76. The van der Waals surface area contributed by atoms with Crippen LogP contribution in [0.25, 0.3) is 11.1 Å². The number of methoxy groups -OCH3 is 1. The Balaban J connectivity index is 1.54. The largest absolute Gasteiger partial charge is 0.497 e. The van der Waals surface area contributed by atoms with Gasteiger partial charge in [0, 0.05) is 18.1 Å². The summed E-state index contributed by atoms with van der Waals surface area (Å²) in [7, 11) is 1.31. The van der Waals surface area contributed by atoms with Crippen LogP contribution in [0.1, 0.15) is 27.4 Å². The van der Waals surface area contributed by atoms with E-state index in [0.29, 0.717) is 0 Å². The van der Waals surface area contributed by atoms with E-state index in [0.717, 1.165) is 28.3 Å². The number of ether oxygens (including phenoxy) is 2. The zero-order valence-corrected chi connectivity index (χ0v) is 16.0. The van der Waals surface area contributed by atoms with Gasteiger partial charge in [-0.1, -0.05) is 48.5 Å². The van der Waals surface area contributed by atoms with Crippen LogP contribution in [-0.4, -0.2) is 30.9 Å². The Kier molecular flexibility index (Phi) is 5.10. The number of nitrogens with one attached hydrogen (secondary N) is 1. The number of rotatable bonds is 5. The van der Waals surface area contributed by atoms with E-state index < -0.39 is 23.4 Å². The number of hydrogen-bond donors (Lipinski definition) is 2. The standard InChI is InChI=1S/C23H18FNO5/c1-29-13-10-19(24)21(22(26)27)20(11-13)25-23(28)30-12-18-16-8-4-2-6-14(16)15-7-3-5-9-17(15)18/h2-11,18H,12H2,1H3,(H,25,28)(H,26,27). The minimum absolute atomic E-state index is 0.0503. The normalized spacial score (nSPS) is 12.1. The zero-order chi connectivity index (χ0) is 21.3.